The van der Waals surface area contributed by atoms with Crippen molar-refractivity contribution in [2.45, 2.75) is 147 Å². The van der Waals surface area contributed by atoms with Crippen molar-refractivity contribution >= 4 is 0 Å². The highest BCUT2D eigenvalue weighted by molar-refractivity contribution is 5.49. The Labute approximate surface area is 249 Å². The van der Waals surface area contributed by atoms with Crippen LogP contribution >= 0.6 is 0 Å². The van der Waals surface area contributed by atoms with Gasteiger partial charge in [0.25, 0.3) is 0 Å². The summed E-state index contributed by atoms with van der Waals surface area (Å²) in [6.07, 6.45) is 20.6. The van der Waals surface area contributed by atoms with Crippen LogP contribution in [0.25, 0.3) is 0 Å². The van der Waals surface area contributed by atoms with Crippen LogP contribution in [0.3, 0.4) is 0 Å². The SMILES string of the molecule is CCC12CC3CC(C(C)C)(C1)CC(c1ccc(O)c(C4CCCCC4)c1)(C2)C3c1ccc(O)c(C2CCCCC2)c1. The molecule has 6 saturated carbocycles. The van der Waals surface area contributed by atoms with Crippen LogP contribution in [0.15, 0.2) is 36.4 Å². The number of hydrogen-bond acceptors (Lipinski definition) is 2. The zero-order valence-electron chi connectivity index (χ0n) is 26.1. The first-order valence-electron chi connectivity index (χ1n) is 17.4. The van der Waals surface area contributed by atoms with Gasteiger partial charge in [0, 0.05) is 5.41 Å². The highest BCUT2D eigenvalue weighted by Gasteiger charge is 2.67. The maximum atomic E-state index is 11.2. The Hall–Kier alpha value is -1.96. The number of aromatic hydroxyl groups is 2. The van der Waals surface area contributed by atoms with Crippen molar-refractivity contribution in [3.8, 4) is 11.5 Å². The highest BCUT2D eigenvalue weighted by Crippen LogP contribution is 2.76. The number of rotatable bonds is 6. The molecular weight excluding hydrogens is 500 g/mol. The van der Waals surface area contributed by atoms with Gasteiger partial charge in [-0.15, -0.1) is 0 Å². The molecule has 41 heavy (non-hydrogen) atoms. The van der Waals surface area contributed by atoms with Gasteiger partial charge < -0.3 is 10.2 Å². The zero-order chi connectivity index (χ0) is 28.4. The second kappa shape index (κ2) is 10.3. The predicted octanol–water partition coefficient (Wildman–Crippen LogP) is 10.9. The van der Waals surface area contributed by atoms with Gasteiger partial charge in [-0.2, -0.15) is 0 Å². The summed E-state index contributed by atoms with van der Waals surface area (Å²) in [6.45, 7) is 7.48. The zero-order valence-corrected chi connectivity index (χ0v) is 26.1. The van der Waals surface area contributed by atoms with E-state index >= 15 is 0 Å². The Balaban J connectivity index is 1.39. The smallest absolute Gasteiger partial charge is 0.119 e. The van der Waals surface area contributed by atoms with Gasteiger partial charge >= 0.3 is 0 Å². The van der Waals surface area contributed by atoms with Crippen LogP contribution < -0.4 is 0 Å². The van der Waals surface area contributed by atoms with E-state index in [9.17, 15) is 10.2 Å². The average Bonchev–Trinajstić information content (AvgIpc) is 2.98. The Morgan fingerprint density at radius 1 is 0.732 bits per heavy atom. The third-order valence-corrected chi connectivity index (χ3v) is 13.6. The number of benzene rings is 2. The second-order valence-corrected chi connectivity index (χ2v) is 16.0. The van der Waals surface area contributed by atoms with Gasteiger partial charge in [0.2, 0.25) is 0 Å². The molecule has 4 bridgehead atoms. The number of phenols is 2. The minimum absolute atomic E-state index is 0.0949. The van der Waals surface area contributed by atoms with E-state index in [0.29, 0.717) is 51.9 Å². The van der Waals surface area contributed by atoms with E-state index in [1.165, 1.54) is 125 Å². The largest absolute Gasteiger partial charge is 0.508 e. The van der Waals surface area contributed by atoms with Crippen molar-refractivity contribution in [2.75, 3.05) is 0 Å². The summed E-state index contributed by atoms with van der Waals surface area (Å²) in [5.41, 5.74) is 6.38. The van der Waals surface area contributed by atoms with E-state index in [4.69, 9.17) is 0 Å². The Kier molecular flexibility index (Phi) is 7.02. The average molecular weight is 555 g/mol. The van der Waals surface area contributed by atoms with Gasteiger partial charge in [-0.1, -0.05) is 90.0 Å². The summed E-state index contributed by atoms with van der Waals surface area (Å²) in [6, 6.07) is 13.7. The van der Waals surface area contributed by atoms with Crippen LogP contribution in [0.1, 0.15) is 164 Å². The van der Waals surface area contributed by atoms with Crippen LogP contribution in [-0.2, 0) is 5.41 Å². The fraction of sp³-hybridized carbons (Fsp3) is 0.692. The molecule has 2 aromatic rings. The van der Waals surface area contributed by atoms with Crippen molar-refractivity contribution in [3.63, 3.8) is 0 Å². The third kappa shape index (κ3) is 4.48. The van der Waals surface area contributed by atoms with Crippen molar-refractivity contribution in [3.05, 3.63) is 58.7 Å². The molecule has 2 heteroatoms. The second-order valence-electron chi connectivity index (χ2n) is 16.0. The van der Waals surface area contributed by atoms with Crippen LogP contribution in [0.5, 0.6) is 11.5 Å². The molecule has 0 radical (unpaired) electrons. The summed E-state index contributed by atoms with van der Waals surface area (Å²) in [7, 11) is 0. The van der Waals surface area contributed by atoms with E-state index in [-0.39, 0.29) is 5.41 Å². The van der Waals surface area contributed by atoms with Crippen LogP contribution in [0.4, 0.5) is 0 Å². The number of hydrogen-bond donors (Lipinski definition) is 2. The molecule has 5 unspecified atom stereocenters. The normalized spacial score (nSPS) is 35.8. The fourth-order valence-corrected chi connectivity index (χ4v) is 11.7. The van der Waals surface area contributed by atoms with Gasteiger partial charge in [-0.05, 0) is 133 Å². The molecule has 0 aromatic heterocycles. The summed E-state index contributed by atoms with van der Waals surface area (Å²) < 4.78 is 0. The van der Waals surface area contributed by atoms with Crippen molar-refractivity contribution in [1.29, 1.82) is 0 Å². The molecule has 2 aromatic carbocycles. The predicted molar refractivity (Wildman–Crippen MR) is 169 cm³/mol. The molecule has 0 spiro atoms. The third-order valence-electron chi connectivity index (χ3n) is 13.6. The summed E-state index contributed by atoms with van der Waals surface area (Å²) in [5, 5.41) is 22.3. The highest BCUT2D eigenvalue weighted by atomic mass is 16.3. The molecule has 222 valence electrons. The van der Waals surface area contributed by atoms with Gasteiger partial charge in [0.15, 0.2) is 0 Å². The lowest BCUT2D eigenvalue weighted by molar-refractivity contribution is -0.159. The molecule has 0 amide bonds. The van der Waals surface area contributed by atoms with E-state index < -0.39 is 0 Å². The summed E-state index contributed by atoms with van der Waals surface area (Å²) >= 11 is 0. The maximum Gasteiger partial charge on any atom is 0.119 e. The van der Waals surface area contributed by atoms with Crippen LogP contribution in [0.2, 0.25) is 0 Å². The van der Waals surface area contributed by atoms with E-state index in [1.54, 1.807) is 0 Å². The molecule has 6 aliphatic carbocycles. The lowest BCUT2D eigenvalue weighted by Gasteiger charge is -2.71. The molecule has 0 heterocycles. The Bertz CT molecular complexity index is 1270. The summed E-state index contributed by atoms with van der Waals surface area (Å²) in [4.78, 5) is 0. The van der Waals surface area contributed by atoms with Gasteiger partial charge in [-0.3, -0.25) is 0 Å². The summed E-state index contributed by atoms with van der Waals surface area (Å²) in [5.74, 6) is 3.91. The fourth-order valence-electron chi connectivity index (χ4n) is 11.7. The minimum atomic E-state index is 0.0949. The first kappa shape index (κ1) is 27.8. The van der Waals surface area contributed by atoms with Crippen molar-refractivity contribution < 1.29 is 10.2 Å². The quantitative estimate of drug-likeness (QED) is 0.373. The van der Waals surface area contributed by atoms with E-state index in [1.807, 2.05) is 0 Å². The molecule has 0 saturated heterocycles. The van der Waals surface area contributed by atoms with E-state index in [0.717, 1.165) is 0 Å². The Morgan fingerprint density at radius 2 is 1.34 bits per heavy atom. The van der Waals surface area contributed by atoms with Crippen LogP contribution in [-0.4, -0.2) is 10.2 Å². The van der Waals surface area contributed by atoms with Gasteiger partial charge in [0.1, 0.15) is 11.5 Å². The monoisotopic (exact) mass is 554 g/mol. The standard InChI is InChI=1S/C39H54O2/c1-4-37-21-30-22-38(23-37,26(2)3)25-39(24-37,31-16-18-35(41)33(20-31)28-13-9-6-10-14-28)36(30)29-15-17-34(40)32(19-29)27-11-7-5-8-12-27/h15-20,26-28,30,36,40-41H,4-14,21-25H2,1-3H3. The van der Waals surface area contributed by atoms with Crippen LogP contribution in [0, 0.1) is 22.7 Å². The molecule has 2 nitrogen and oxygen atoms in total. The molecule has 8 rings (SSSR count). The molecule has 0 aliphatic heterocycles. The Morgan fingerprint density at radius 3 is 1.95 bits per heavy atom. The molecule has 6 aliphatic rings. The molecule has 5 atom stereocenters. The maximum absolute atomic E-state index is 11.2. The molecule has 2 N–H and O–H groups in total. The van der Waals surface area contributed by atoms with Crippen molar-refractivity contribution in [2.24, 2.45) is 22.7 Å². The van der Waals surface area contributed by atoms with Crippen molar-refractivity contribution in [1.82, 2.24) is 0 Å². The van der Waals surface area contributed by atoms with Gasteiger partial charge in [0.05, 0.1) is 0 Å². The minimum Gasteiger partial charge on any atom is -0.508 e. The first-order chi connectivity index (χ1) is 19.8. The van der Waals surface area contributed by atoms with Gasteiger partial charge in [-0.25, -0.2) is 0 Å². The number of phenolic OH excluding ortho intramolecular Hbond substituents is 2. The first-order valence-corrected chi connectivity index (χ1v) is 17.4. The topological polar surface area (TPSA) is 40.5 Å². The lowest BCUT2D eigenvalue weighted by Crippen LogP contribution is -2.63. The molecule has 6 fully saturated rings. The molecular formula is C39H54O2. The lowest BCUT2D eigenvalue weighted by atomic mass is 9.33. The van der Waals surface area contributed by atoms with E-state index in [2.05, 4.69) is 57.2 Å².